The molecule has 0 spiro atoms. The van der Waals surface area contributed by atoms with Crippen LogP contribution < -0.4 is 5.73 Å². The Morgan fingerprint density at radius 1 is 1.54 bits per heavy atom. The van der Waals surface area contributed by atoms with E-state index in [1.807, 2.05) is 19.1 Å². The van der Waals surface area contributed by atoms with Gasteiger partial charge in [0.05, 0.1) is 0 Å². The molecule has 0 radical (unpaired) electrons. The predicted octanol–water partition coefficient (Wildman–Crippen LogP) is 0.629. The van der Waals surface area contributed by atoms with E-state index < -0.39 is 5.91 Å². The molecule has 1 aromatic rings. The van der Waals surface area contributed by atoms with E-state index in [4.69, 9.17) is 10.8 Å². The van der Waals surface area contributed by atoms with Crippen LogP contribution in [-0.4, -0.2) is 17.6 Å². The molecule has 70 valence electrons. The first-order valence-corrected chi connectivity index (χ1v) is 4.15. The van der Waals surface area contributed by atoms with Gasteiger partial charge in [-0.15, -0.1) is 0 Å². The van der Waals surface area contributed by atoms with Crippen LogP contribution in [0.3, 0.4) is 0 Å². The van der Waals surface area contributed by atoms with Gasteiger partial charge in [0.15, 0.2) is 0 Å². The number of hydrogen-bond acceptors (Lipinski definition) is 2. The van der Waals surface area contributed by atoms with E-state index in [0.717, 1.165) is 11.1 Å². The average Bonchev–Trinajstić information content (AvgIpc) is 2.04. The van der Waals surface area contributed by atoms with E-state index in [2.05, 4.69) is 0 Å². The van der Waals surface area contributed by atoms with Crippen molar-refractivity contribution in [2.24, 2.45) is 5.73 Å². The molecular weight excluding hydrogens is 166 g/mol. The lowest BCUT2D eigenvalue weighted by Crippen LogP contribution is -2.14. The fourth-order valence-electron chi connectivity index (χ4n) is 1.29. The summed E-state index contributed by atoms with van der Waals surface area (Å²) in [5.74, 6) is -0.441. The van der Waals surface area contributed by atoms with Gasteiger partial charge in [0.2, 0.25) is 5.91 Å². The maximum absolute atomic E-state index is 10.9. The summed E-state index contributed by atoms with van der Waals surface area (Å²) in [5, 5.41) is 8.76. The molecule has 3 nitrogen and oxygen atoms in total. The molecule has 13 heavy (non-hydrogen) atoms. The molecule has 0 aliphatic rings. The second-order valence-corrected chi connectivity index (χ2v) is 3.00. The van der Waals surface area contributed by atoms with Crippen LogP contribution in [0.15, 0.2) is 18.2 Å². The van der Waals surface area contributed by atoms with Crippen molar-refractivity contribution < 1.29 is 9.90 Å². The van der Waals surface area contributed by atoms with Gasteiger partial charge in [0.1, 0.15) is 0 Å². The van der Waals surface area contributed by atoms with Gasteiger partial charge in [-0.3, -0.25) is 4.79 Å². The maximum atomic E-state index is 10.9. The molecule has 0 atom stereocenters. The van der Waals surface area contributed by atoms with E-state index in [1.54, 1.807) is 6.07 Å². The van der Waals surface area contributed by atoms with Crippen LogP contribution in [-0.2, 0) is 6.42 Å². The van der Waals surface area contributed by atoms with Gasteiger partial charge in [-0.25, -0.2) is 0 Å². The SMILES string of the molecule is Cc1ccc(C(N)=O)c(CCO)c1. The number of amides is 1. The Balaban J connectivity index is 3.10. The molecule has 0 aliphatic heterocycles. The first-order valence-electron chi connectivity index (χ1n) is 4.15. The fraction of sp³-hybridized carbons (Fsp3) is 0.300. The van der Waals surface area contributed by atoms with E-state index in [0.29, 0.717) is 12.0 Å². The number of aliphatic hydroxyl groups excluding tert-OH is 1. The molecule has 3 N–H and O–H groups in total. The van der Waals surface area contributed by atoms with Crippen LogP contribution in [0.5, 0.6) is 0 Å². The standard InChI is InChI=1S/C10H13NO2/c1-7-2-3-9(10(11)13)8(6-7)4-5-12/h2-3,6,12H,4-5H2,1H3,(H2,11,13). The minimum atomic E-state index is -0.441. The molecule has 0 bridgehead atoms. The number of hydrogen-bond donors (Lipinski definition) is 2. The highest BCUT2D eigenvalue weighted by Gasteiger charge is 2.06. The van der Waals surface area contributed by atoms with Crippen molar-refractivity contribution >= 4 is 5.91 Å². The number of nitrogens with two attached hydrogens (primary N) is 1. The summed E-state index contributed by atoms with van der Waals surface area (Å²) in [7, 11) is 0. The number of aryl methyl sites for hydroxylation is 1. The molecule has 1 amide bonds. The number of rotatable bonds is 3. The third-order valence-electron chi connectivity index (χ3n) is 1.91. The number of carbonyl (C=O) groups excluding carboxylic acids is 1. The highest BCUT2D eigenvalue weighted by Crippen LogP contribution is 2.11. The zero-order valence-electron chi connectivity index (χ0n) is 7.58. The van der Waals surface area contributed by atoms with Crippen LogP contribution in [0.4, 0.5) is 0 Å². The van der Waals surface area contributed by atoms with E-state index in [9.17, 15) is 4.79 Å². The molecule has 0 saturated carbocycles. The summed E-state index contributed by atoms with van der Waals surface area (Å²) < 4.78 is 0. The molecule has 1 aromatic carbocycles. The van der Waals surface area contributed by atoms with Crippen LogP contribution in [0, 0.1) is 6.92 Å². The smallest absolute Gasteiger partial charge is 0.248 e. The van der Waals surface area contributed by atoms with Crippen LogP contribution in [0.25, 0.3) is 0 Å². The van der Waals surface area contributed by atoms with Crippen molar-refractivity contribution in [3.8, 4) is 0 Å². The summed E-state index contributed by atoms with van der Waals surface area (Å²) in [6.07, 6.45) is 0.472. The van der Waals surface area contributed by atoms with Crippen LogP contribution in [0.2, 0.25) is 0 Å². The topological polar surface area (TPSA) is 63.3 Å². The maximum Gasteiger partial charge on any atom is 0.248 e. The lowest BCUT2D eigenvalue weighted by Gasteiger charge is -2.05. The molecule has 3 heteroatoms. The van der Waals surface area contributed by atoms with Gasteiger partial charge in [-0.2, -0.15) is 0 Å². The van der Waals surface area contributed by atoms with Crippen molar-refractivity contribution in [3.05, 3.63) is 34.9 Å². The third kappa shape index (κ3) is 2.29. The molecule has 0 aliphatic carbocycles. The number of aliphatic hydroxyl groups is 1. The zero-order chi connectivity index (χ0) is 9.84. The normalized spacial score (nSPS) is 10.0. The molecule has 0 aromatic heterocycles. The molecule has 0 fully saturated rings. The molecule has 0 saturated heterocycles. The van der Waals surface area contributed by atoms with Crippen molar-refractivity contribution in [2.75, 3.05) is 6.61 Å². The van der Waals surface area contributed by atoms with E-state index in [1.165, 1.54) is 0 Å². The van der Waals surface area contributed by atoms with Gasteiger partial charge in [-0.05, 0) is 25.0 Å². The van der Waals surface area contributed by atoms with Crippen molar-refractivity contribution in [2.45, 2.75) is 13.3 Å². The van der Waals surface area contributed by atoms with E-state index in [-0.39, 0.29) is 6.61 Å². The Labute approximate surface area is 77.2 Å². The van der Waals surface area contributed by atoms with Gasteiger partial charge in [-0.1, -0.05) is 17.7 Å². The molecule has 0 heterocycles. The summed E-state index contributed by atoms with van der Waals surface area (Å²) in [5.41, 5.74) is 7.55. The van der Waals surface area contributed by atoms with E-state index >= 15 is 0 Å². The largest absolute Gasteiger partial charge is 0.396 e. The zero-order valence-corrected chi connectivity index (χ0v) is 7.58. The van der Waals surface area contributed by atoms with Gasteiger partial charge in [0.25, 0.3) is 0 Å². The predicted molar refractivity (Wildman–Crippen MR) is 50.5 cm³/mol. The van der Waals surface area contributed by atoms with Gasteiger partial charge < -0.3 is 10.8 Å². The van der Waals surface area contributed by atoms with Gasteiger partial charge >= 0.3 is 0 Å². The van der Waals surface area contributed by atoms with Crippen molar-refractivity contribution in [3.63, 3.8) is 0 Å². The lowest BCUT2D eigenvalue weighted by atomic mass is 10.0. The second kappa shape index (κ2) is 4.05. The monoisotopic (exact) mass is 179 g/mol. The Morgan fingerprint density at radius 3 is 2.77 bits per heavy atom. The quantitative estimate of drug-likeness (QED) is 0.714. The number of primary amides is 1. The van der Waals surface area contributed by atoms with Crippen molar-refractivity contribution in [1.82, 2.24) is 0 Å². The summed E-state index contributed by atoms with van der Waals surface area (Å²) in [4.78, 5) is 10.9. The Hall–Kier alpha value is -1.35. The first kappa shape index (κ1) is 9.74. The molecular formula is C10H13NO2. The average molecular weight is 179 g/mol. The highest BCUT2D eigenvalue weighted by atomic mass is 16.3. The lowest BCUT2D eigenvalue weighted by molar-refractivity contribution is 0.0999. The fourth-order valence-corrected chi connectivity index (χ4v) is 1.29. The summed E-state index contributed by atoms with van der Waals surface area (Å²) >= 11 is 0. The third-order valence-corrected chi connectivity index (χ3v) is 1.91. The Bertz CT molecular complexity index is 321. The minimum Gasteiger partial charge on any atom is -0.396 e. The molecule has 0 unspecified atom stereocenters. The van der Waals surface area contributed by atoms with Crippen molar-refractivity contribution in [1.29, 1.82) is 0 Å². The first-order chi connectivity index (χ1) is 6.15. The second-order valence-electron chi connectivity index (χ2n) is 3.00. The summed E-state index contributed by atoms with van der Waals surface area (Å²) in [6.45, 7) is 1.97. The summed E-state index contributed by atoms with van der Waals surface area (Å²) in [6, 6.07) is 5.40. The highest BCUT2D eigenvalue weighted by molar-refractivity contribution is 5.94. The molecule has 1 rings (SSSR count). The minimum absolute atomic E-state index is 0.0315. The number of carbonyl (C=O) groups is 1. The Morgan fingerprint density at radius 2 is 2.23 bits per heavy atom. The van der Waals surface area contributed by atoms with Crippen LogP contribution in [0.1, 0.15) is 21.5 Å². The van der Waals surface area contributed by atoms with Gasteiger partial charge in [0, 0.05) is 12.2 Å². The van der Waals surface area contributed by atoms with Crippen LogP contribution >= 0.6 is 0 Å². The number of benzene rings is 1. The Kier molecular flexibility index (Phi) is 3.03.